The first-order valence-corrected chi connectivity index (χ1v) is 7.65. The molecule has 3 nitrogen and oxygen atoms in total. The molecule has 1 amide bonds. The molecular weight excluding hydrogens is 349 g/mol. The van der Waals surface area contributed by atoms with Gasteiger partial charge in [0.2, 0.25) is 0 Å². The van der Waals surface area contributed by atoms with Gasteiger partial charge in [-0.3, -0.25) is 4.79 Å². The van der Waals surface area contributed by atoms with Crippen LogP contribution in [0.15, 0.2) is 40.9 Å². The third-order valence-electron chi connectivity index (χ3n) is 3.07. The maximum absolute atomic E-state index is 13.7. The van der Waals surface area contributed by atoms with Gasteiger partial charge in [0.15, 0.2) is 6.10 Å². The van der Waals surface area contributed by atoms with Crippen molar-refractivity contribution in [2.45, 2.75) is 26.9 Å². The molecule has 0 radical (unpaired) electrons. The normalized spacial score (nSPS) is 11.9. The lowest BCUT2D eigenvalue weighted by Crippen LogP contribution is -2.30. The quantitative estimate of drug-likeness (QED) is 0.858. The summed E-state index contributed by atoms with van der Waals surface area (Å²) in [6, 6.07) is 10.2. The Morgan fingerprint density at radius 1 is 1.18 bits per heavy atom. The summed E-state index contributed by atoms with van der Waals surface area (Å²) in [5.41, 5.74) is 2.24. The first-order valence-electron chi connectivity index (χ1n) is 6.86. The van der Waals surface area contributed by atoms with Crippen LogP contribution in [0.25, 0.3) is 0 Å². The largest absolute Gasteiger partial charge is 0.481 e. The molecule has 2 aromatic rings. The number of amides is 1. The summed E-state index contributed by atoms with van der Waals surface area (Å²) in [5, 5.41) is 2.53. The summed E-state index contributed by atoms with van der Waals surface area (Å²) >= 11 is 3.17. The molecule has 0 saturated heterocycles. The fourth-order valence-electron chi connectivity index (χ4n) is 2.08. The molecule has 0 aromatic heterocycles. The molecule has 0 fully saturated rings. The molecule has 1 atom stereocenters. The number of carbonyl (C=O) groups is 1. The van der Waals surface area contributed by atoms with E-state index in [1.807, 2.05) is 32.0 Å². The zero-order chi connectivity index (χ0) is 16.3. The van der Waals surface area contributed by atoms with E-state index in [0.29, 0.717) is 10.2 Å². The summed E-state index contributed by atoms with van der Waals surface area (Å²) in [6.07, 6.45) is -0.732. The Morgan fingerprint density at radius 2 is 1.82 bits per heavy atom. The number of hydrogen-bond donors (Lipinski definition) is 1. The second kappa shape index (κ2) is 6.92. The number of carbonyl (C=O) groups excluding carboxylic acids is 1. The highest BCUT2D eigenvalue weighted by molar-refractivity contribution is 9.10. The van der Waals surface area contributed by atoms with Crippen molar-refractivity contribution in [2.24, 2.45) is 0 Å². The monoisotopic (exact) mass is 365 g/mol. The van der Waals surface area contributed by atoms with E-state index in [1.54, 1.807) is 13.0 Å². The lowest BCUT2D eigenvalue weighted by Gasteiger charge is -2.16. The van der Waals surface area contributed by atoms with Gasteiger partial charge in [0.25, 0.3) is 5.91 Å². The first kappa shape index (κ1) is 16.5. The van der Waals surface area contributed by atoms with Crippen LogP contribution in [0.5, 0.6) is 5.75 Å². The van der Waals surface area contributed by atoms with Crippen LogP contribution in [0, 0.1) is 19.7 Å². The van der Waals surface area contributed by atoms with E-state index in [0.717, 1.165) is 11.1 Å². The number of ether oxygens (including phenoxy) is 1. The van der Waals surface area contributed by atoms with E-state index in [2.05, 4.69) is 21.2 Å². The van der Waals surface area contributed by atoms with Crippen molar-refractivity contribution in [3.8, 4) is 5.75 Å². The van der Waals surface area contributed by atoms with Crippen LogP contribution in [0.1, 0.15) is 18.1 Å². The smallest absolute Gasteiger partial charge is 0.265 e. The van der Waals surface area contributed by atoms with E-state index >= 15 is 0 Å². The SMILES string of the molecule is Cc1cc(C)cc(O[C@@H](C)C(=O)Nc2ccc(Br)cc2F)c1. The van der Waals surface area contributed by atoms with Crippen LogP contribution in [0.2, 0.25) is 0 Å². The van der Waals surface area contributed by atoms with Crippen molar-refractivity contribution in [2.75, 3.05) is 5.32 Å². The summed E-state index contributed by atoms with van der Waals surface area (Å²) < 4.78 is 20.0. The predicted octanol–water partition coefficient (Wildman–Crippen LogP) is 4.61. The molecule has 1 N–H and O–H groups in total. The maximum Gasteiger partial charge on any atom is 0.265 e. The number of halogens is 2. The molecule has 0 unspecified atom stereocenters. The molecule has 0 bridgehead atoms. The van der Waals surface area contributed by atoms with E-state index in [4.69, 9.17) is 4.74 Å². The van der Waals surface area contributed by atoms with Crippen LogP contribution in [0.3, 0.4) is 0 Å². The lowest BCUT2D eigenvalue weighted by atomic mass is 10.1. The van der Waals surface area contributed by atoms with Gasteiger partial charge in [0, 0.05) is 4.47 Å². The number of anilines is 1. The number of nitrogens with one attached hydrogen (secondary N) is 1. The molecule has 0 aliphatic rings. The van der Waals surface area contributed by atoms with Crippen molar-refractivity contribution in [1.82, 2.24) is 0 Å². The molecule has 2 rings (SSSR count). The van der Waals surface area contributed by atoms with Crippen LogP contribution in [-0.4, -0.2) is 12.0 Å². The average molecular weight is 366 g/mol. The van der Waals surface area contributed by atoms with Crippen molar-refractivity contribution in [3.05, 3.63) is 57.8 Å². The van der Waals surface area contributed by atoms with Gasteiger partial charge in [-0.25, -0.2) is 4.39 Å². The van der Waals surface area contributed by atoms with Crippen LogP contribution >= 0.6 is 15.9 Å². The van der Waals surface area contributed by atoms with Crippen LogP contribution < -0.4 is 10.1 Å². The zero-order valence-electron chi connectivity index (χ0n) is 12.6. The van der Waals surface area contributed by atoms with Gasteiger partial charge in [-0.2, -0.15) is 0 Å². The summed E-state index contributed by atoms with van der Waals surface area (Å²) in [5.74, 6) is -0.280. The summed E-state index contributed by atoms with van der Waals surface area (Å²) in [4.78, 5) is 12.1. The van der Waals surface area contributed by atoms with Gasteiger partial charge in [0.1, 0.15) is 11.6 Å². The summed E-state index contributed by atoms with van der Waals surface area (Å²) in [7, 11) is 0. The zero-order valence-corrected chi connectivity index (χ0v) is 14.2. The molecule has 0 aliphatic carbocycles. The topological polar surface area (TPSA) is 38.3 Å². The van der Waals surface area contributed by atoms with Crippen molar-refractivity contribution in [1.29, 1.82) is 0 Å². The highest BCUT2D eigenvalue weighted by Gasteiger charge is 2.16. The molecule has 22 heavy (non-hydrogen) atoms. The summed E-state index contributed by atoms with van der Waals surface area (Å²) in [6.45, 7) is 5.55. The number of hydrogen-bond acceptors (Lipinski definition) is 2. The molecule has 0 saturated carbocycles. The Morgan fingerprint density at radius 3 is 2.41 bits per heavy atom. The predicted molar refractivity (Wildman–Crippen MR) is 88.7 cm³/mol. The Bertz CT molecular complexity index is 683. The van der Waals surface area contributed by atoms with Crippen molar-refractivity contribution in [3.63, 3.8) is 0 Å². The Balaban J connectivity index is 2.05. The average Bonchev–Trinajstić information content (AvgIpc) is 2.40. The fourth-order valence-corrected chi connectivity index (χ4v) is 2.42. The number of benzene rings is 2. The van der Waals surface area contributed by atoms with Gasteiger partial charge < -0.3 is 10.1 Å². The second-order valence-corrected chi connectivity index (χ2v) is 6.11. The van der Waals surface area contributed by atoms with Crippen LogP contribution in [0.4, 0.5) is 10.1 Å². The van der Waals surface area contributed by atoms with Crippen molar-refractivity contribution < 1.29 is 13.9 Å². The molecule has 0 spiro atoms. The van der Waals surface area contributed by atoms with Gasteiger partial charge in [-0.1, -0.05) is 22.0 Å². The minimum absolute atomic E-state index is 0.129. The lowest BCUT2D eigenvalue weighted by molar-refractivity contribution is -0.122. The highest BCUT2D eigenvalue weighted by Crippen LogP contribution is 2.21. The maximum atomic E-state index is 13.7. The van der Waals surface area contributed by atoms with Gasteiger partial charge in [-0.05, 0) is 62.2 Å². The van der Waals surface area contributed by atoms with E-state index < -0.39 is 17.8 Å². The Hall–Kier alpha value is -1.88. The van der Waals surface area contributed by atoms with E-state index in [1.165, 1.54) is 12.1 Å². The van der Waals surface area contributed by atoms with Gasteiger partial charge >= 0.3 is 0 Å². The Kier molecular flexibility index (Phi) is 5.19. The number of aryl methyl sites for hydroxylation is 2. The fraction of sp³-hybridized carbons (Fsp3) is 0.235. The third-order valence-corrected chi connectivity index (χ3v) is 3.56. The molecular formula is C17H17BrFNO2. The number of rotatable bonds is 4. The van der Waals surface area contributed by atoms with Crippen LogP contribution in [-0.2, 0) is 4.79 Å². The molecule has 116 valence electrons. The third kappa shape index (κ3) is 4.31. The second-order valence-electron chi connectivity index (χ2n) is 5.20. The van der Waals surface area contributed by atoms with Crippen molar-refractivity contribution >= 4 is 27.5 Å². The Labute approximate surface area is 137 Å². The standard InChI is InChI=1S/C17H17BrFNO2/c1-10-6-11(2)8-14(7-10)22-12(3)17(21)20-16-5-4-13(18)9-15(16)19/h4-9,12H,1-3H3,(H,20,21)/t12-/m0/s1. The molecule has 2 aromatic carbocycles. The highest BCUT2D eigenvalue weighted by atomic mass is 79.9. The minimum atomic E-state index is -0.732. The minimum Gasteiger partial charge on any atom is -0.481 e. The molecule has 0 aliphatic heterocycles. The molecule has 0 heterocycles. The van der Waals surface area contributed by atoms with Gasteiger partial charge in [0.05, 0.1) is 5.69 Å². The molecule has 5 heteroatoms. The van der Waals surface area contributed by atoms with E-state index in [-0.39, 0.29) is 5.69 Å². The first-order chi connectivity index (χ1) is 10.3. The van der Waals surface area contributed by atoms with Gasteiger partial charge in [-0.15, -0.1) is 0 Å². The van der Waals surface area contributed by atoms with E-state index in [9.17, 15) is 9.18 Å².